The van der Waals surface area contributed by atoms with Gasteiger partial charge in [0.15, 0.2) is 0 Å². The lowest BCUT2D eigenvalue weighted by molar-refractivity contribution is -0.140. The summed E-state index contributed by atoms with van der Waals surface area (Å²) < 4.78 is 38.6. The Balaban J connectivity index is 1.81. The first-order chi connectivity index (χ1) is 10.6. The van der Waals surface area contributed by atoms with Crippen molar-refractivity contribution in [3.63, 3.8) is 0 Å². The molecule has 2 unspecified atom stereocenters. The highest BCUT2D eigenvalue weighted by Gasteiger charge is 2.53. The van der Waals surface area contributed by atoms with Crippen molar-refractivity contribution in [2.45, 2.75) is 31.0 Å². The molecule has 0 radical (unpaired) electrons. The molecule has 0 saturated heterocycles. The summed E-state index contributed by atoms with van der Waals surface area (Å²) >= 11 is 6.02. The maximum atomic E-state index is 12.9. The lowest BCUT2D eigenvalue weighted by atomic mass is 10.0. The molecular weight excluding hydrogens is 335 g/mol. The van der Waals surface area contributed by atoms with E-state index in [0.29, 0.717) is 12.8 Å². The van der Waals surface area contributed by atoms with Gasteiger partial charge in [0.25, 0.3) is 0 Å². The van der Waals surface area contributed by atoms with Crippen LogP contribution in [0.4, 0.5) is 13.2 Å². The van der Waals surface area contributed by atoms with Gasteiger partial charge in [-0.05, 0) is 43.0 Å². The van der Waals surface area contributed by atoms with Gasteiger partial charge in [-0.2, -0.15) is 13.2 Å². The quantitative estimate of drug-likeness (QED) is 0.879. The third-order valence-electron chi connectivity index (χ3n) is 4.37. The molecule has 0 aliphatic heterocycles. The molecule has 2 aliphatic carbocycles. The summed E-state index contributed by atoms with van der Waals surface area (Å²) in [6.07, 6.45) is -3.29. The van der Waals surface area contributed by atoms with Crippen molar-refractivity contribution in [2.75, 3.05) is 0 Å². The van der Waals surface area contributed by atoms with Crippen molar-refractivity contribution in [2.24, 2.45) is 11.8 Å². The predicted molar refractivity (Wildman–Crippen MR) is 74.7 cm³/mol. The van der Waals surface area contributed by atoms with Crippen LogP contribution in [0.1, 0.15) is 30.4 Å². The third-order valence-corrected chi connectivity index (χ3v) is 4.70. The fourth-order valence-corrected chi connectivity index (χ4v) is 3.04. The molecule has 1 aromatic rings. The van der Waals surface area contributed by atoms with Crippen LogP contribution in [-0.2, 0) is 21.3 Å². The van der Waals surface area contributed by atoms with Gasteiger partial charge in [0.05, 0.1) is 22.9 Å². The first-order valence-corrected chi connectivity index (χ1v) is 7.44. The van der Waals surface area contributed by atoms with Crippen molar-refractivity contribution in [3.8, 4) is 0 Å². The average Bonchev–Trinajstić information content (AvgIpc) is 3.32. The Kier molecular flexibility index (Phi) is 3.59. The number of carbonyl (C=O) groups excluding carboxylic acids is 1. The second-order valence-electron chi connectivity index (χ2n) is 6.05. The van der Waals surface area contributed by atoms with Gasteiger partial charge in [0.2, 0.25) is 5.91 Å². The molecule has 124 valence electrons. The Morgan fingerprint density at radius 2 is 1.91 bits per heavy atom. The number of nitrogens with one attached hydrogen (secondary N) is 1. The molecule has 2 N–H and O–H groups in total. The molecule has 2 atom stereocenters. The smallest absolute Gasteiger partial charge is 0.416 e. The zero-order valence-corrected chi connectivity index (χ0v) is 12.5. The molecular formula is C15H13ClF3NO3. The van der Waals surface area contributed by atoms with Gasteiger partial charge < -0.3 is 10.4 Å². The zero-order chi connectivity index (χ0) is 17.0. The Bertz CT molecular complexity index is 685. The predicted octanol–water partition coefficient (Wildman–Crippen LogP) is 3.18. The standard InChI is InChI=1S/C15H13ClF3NO3/c16-11-2-1-7(15(17,18)19)5-10(11)14(3-4-14)20-12(21)8-6-9(8)13(22)23/h1-2,5,8-9H,3-4,6H2,(H,20,21)(H,22,23). The highest BCUT2D eigenvalue weighted by atomic mass is 35.5. The number of hydrogen-bond acceptors (Lipinski definition) is 2. The fraction of sp³-hybridized carbons (Fsp3) is 0.467. The van der Waals surface area contributed by atoms with Crippen LogP contribution in [0.25, 0.3) is 0 Å². The first-order valence-electron chi connectivity index (χ1n) is 7.06. The molecule has 3 rings (SSSR count). The molecule has 23 heavy (non-hydrogen) atoms. The van der Waals surface area contributed by atoms with Gasteiger partial charge in [0, 0.05) is 5.02 Å². The molecule has 0 aromatic heterocycles. The van der Waals surface area contributed by atoms with E-state index in [0.717, 1.165) is 12.1 Å². The second-order valence-corrected chi connectivity index (χ2v) is 6.46. The van der Waals surface area contributed by atoms with Crippen LogP contribution >= 0.6 is 11.6 Å². The second kappa shape index (κ2) is 5.12. The molecule has 2 aliphatic rings. The van der Waals surface area contributed by atoms with Crippen LogP contribution in [0, 0.1) is 11.8 Å². The fourth-order valence-electron chi connectivity index (χ4n) is 2.74. The van der Waals surface area contributed by atoms with Crippen molar-refractivity contribution in [3.05, 3.63) is 34.3 Å². The van der Waals surface area contributed by atoms with Gasteiger partial charge in [-0.25, -0.2) is 0 Å². The topological polar surface area (TPSA) is 66.4 Å². The van der Waals surface area contributed by atoms with Crippen LogP contribution in [0.15, 0.2) is 18.2 Å². The van der Waals surface area contributed by atoms with Crippen LogP contribution in [0.3, 0.4) is 0 Å². The van der Waals surface area contributed by atoms with Crippen molar-refractivity contribution >= 4 is 23.5 Å². The summed E-state index contributed by atoms with van der Waals surface area (Å²) in [7, 11) is 0. The minimum atomic E-state index is -4.50. The molecule has 4 nitrogen and oxygen atoms in total. The maximum absolute atomic E-state index is 12.9. The van der Waals surface area contributed by atoms with Crippen LogP contribution in [0.2, 0.25) is 5.02 Å². The lowest BCUT2D eigenvalue weighted by Gasteiger charge is -2.21. The monoisotopic (exact) mass is 347 g/mol. The number of carboxylic acids is 1. The summed E-state index contributed by atoms with van der Waals surface area (Å²) in [4.78, 5) is 22.9. The van der Waals surface area contributed by atoms with E-state index in [4.69, 9.17) is 16.7 Å². The first kappa shape index (κ1) is 16.1. The van der Waals surface area contributed by atoms with Gasteiger partial charge in [-0.3, -0.25) is 9.59 Å². The Labute approximate surface area is 134 Å². The number of benzene rings is 1. The van der Waals surface area contributed by atoms with E-state index in [2.05, 4.69) is 5.32 Å². The summed E-state index contributed by atoms with van der Waals surface area (Å²) in [5.74, 6) is -2.80. The van der Waals surface area contributed by atoms with Gasteiger partial charge in [0.1, 0.15) is 0 Å². The number of alkyl halides is 3. The van der Waals surface area contributed by atoms with Gasteiger partial charge in [-0.1, -0.05) is 11.6 Å². The third kappa shape index (κ3) is 3.02. The van der Waals surface area contributed by atoms with Crippen LogP contribution < -0.4 is 5.32 Å². The maximum Gasteiger partial charge on any atom is 0.416 e. The number of amides is 1. The normalized spacial score (nSPS) is 24.9. The van der Waals surface area contributed by atoms with Crippen LogP contribution in [-0.4, -0.2) is 17.0 Å². The minimum Gasteiger partial charge on any atom is -0.481 e. The Morgan fingerprint density at radius 1 is 1.26 bits per heavy atom. The van der Waals surface area contributed by atoms with Crippen molar-refractivity contribution in [1.29, 1.82) is 0 Å². The van der Waals surface area contributed by atoms with Gasteiger partial charge >= 0.3 is 12.1 Å². The largest absolute Gasteiger partial charge is 0.481 e. The number of halogens is 4. The van der Waals surface area contributed by atoms with E-state index in [-0.39, 0.29) is 17.0 Å². The number of carbonyl (C=O) groups is 2. The summed E-state index contributed by atoms with van der Waals surface area (Å²) in [5, 5.41) is 11.7. The molecule has 0 bridgehead atoms. The van der Waals surface area contributed by atoms with Crippen molar-refractivity contribution < 1.29 is 27.9 Å². The molecule has 2 fully saturated rings. The summed E-state index contributed by atoms with van der Waals surface area (Å²) in [6, 6.07) is 3.02. The van der Waals surface area contributed by atoms with Crippen molar-refractivity contribution in [1.82, 2.24) is 5.32 Å². The summed E-state index contributed by atoms with van der Waals surface area (Å²) in [6.45, 7) is 0. The molecule has 1 aromatic carbocycles. The van der Waals surface area contributed by atoms with E-state index in [1.807, 2.05) is 0 Å². The van der Waals surface area contributed by atoms with E-state index in [1.54, 1.807) is 0 Å². The van der Waals surface area contributed by atoms with E-state index in [1.165, 1.54) is 6.07 Å². The molecule has 1 amide bonds. The summed E-state index contributed by atoms with van der Waals surface area (Å²) in [5.41, 5.74) is -1.51. The highest BCUT2D eigenvalue weighted by molar-refractivity contribution is 6.31. The van der Waals surface area contributed by atoms with E-state index < -0.39 is 41.0 Å². The number of rotatable bonds is 4. The SMILES string of the molecule is O=C(O)C1CC1C(=O)NC1(c2cc(C(F)(F)F)ccc2Cl)CC1. The molecule has 2 saturated carbocycles. The number of aliphatic carboxylic acids is 1. The lowest BCUT2D eigenvalue weighted by Crippen LogP contribution is -2.37. The average molecular weight is 348 g/mol. The Hall–Kier alpha value is -1.76. The van der Waals surface area contributed by atoms with Crippen LogP contribution in [0.5, 0.6) is 0 Å². The minimum absolute atomic E-state index is 0.154. The highest BCUT2D eigenvalue weighted by Crippen LogP contribution is 2.50. The van der Waals surface area contributed by atoms with E-state index in [9.17, 15) is 22.8 Å². The molecule has 8 heteroatoms. The number of hydrogen-bond donors (Lipinski definition) is 2. The Morgan fingerprint density at radius 3 is 2.39 bits per heavy atom. The molecule has 0 spiro atoms. The zero-order valence-electron chi connectivity index (χ0n) is 11.8. The van der Waals surface area contributed by atoms with Gasteiger partial charge in [-0.15, -0.1) is 0 Å². The molecule has 0 heterocycles. The number of carboxylic acid groups (broad SMARTS) is 1. The van der Waals surface area contributed by atoms with E-state index >= 15 is 0 Å².